The highest BCUT2D eigenvalue weighted by Gasteiger charge is 2.17. The minimum atomic E-state index is -0.415. The van der Waals surface area contributed by atoms with E-state index >= 15 is 0 Å². The third kappa shape index (κ3) is 2.80. The molecule has 2 aromatic rings. The largest absolute Gasteiger partial charge is 0.320 e. The van der Waals surface area contributed by atoms with Crippen molar-refractivity contribution in [2.75, 3.05) is 0 Å². The van der Waals surface area contributed by atoms with Crippen molar-refractivity contribution in [3.05, 3.63) is 63.6 Å². The molecule has 0 spiro atoms. The molecule has 0 saturated heterocycles. The molecule has 0 radical (unpaired) electrons. The molecule has 1 aromatic carbocycles. The molecule has 1 heterocycles. The Kier molecular flexibility index (Phi) is 4.35. The van der Waals surface area contributed by atoms with Crippen molar-refractivity contribution in [1.29, 1.82) is 0 Å². The molecule has 0 bridgehead atoms. The van der Waals surface area contributed by atoms with Gasteiger partial charge in [-0.25, -0.2) is 4.68 Å². The maximum Gasteiger partial charge on any atom is 0.271 e. The number of aryl methyl sites for hydroxylation is 1. The first-order valence-corrected chi connectivity index (χ1v) is 6.97. The fourth-order valence-corrected chi connectivity index (χ4v) is 2.14. The summed E-state index contributed by atoms with van der Waals surface area (Å²) >= 11 is 0. The van der Waals surface area contributed by atoms with Crippen LogP contribution >= 0.6 is 0 Å². The van der Waals surface area contributed by atoms with E-state index in [1.54, 1.807) is 0 Å². The SMILES string of the molecule is CCn1nc(C(C)C)cc(C(N)c2ccccc2)c1=O. The summed E-state index contributed by atoms with van der Waals surface area (Å²) in [6, 6.07) is 11.1. The van der Waals surface area contributed by atoms with E-state index in [0.717, 1.165) is 11.3 Å². The highest BCUT2D eigenvalue weighted by molar-refractivity contribution is 5.30. The molecule has 1 atom stereocenters. The van der Waals surface area contributed by atoms with E-state index in [2.05, 4.69) is 18.9 Å². The Balaban J connectivity index is 2.55. The van der Waals surface area contributed by atoms with Gasteiger partial charge in [0.1, 0.15) is 0 Å². The van der Waals surface area contributed by atoms with Gasteiger partial charge >= 0.3 is 0 Å². The van der Waals surface area contributed by atoms with Gasteiger partial charge in [0.15, 0.2) is 0 Å². The van der Waals surface area contributed by atoms with E-state index in [1.807, 2.05) is 43.3 Å². The van der Waals surface area contributed by atoms with Crippen LogP contribution in [0.15, 0.2) is 41.2 Å². The lowest BCUT2D eigenvalue weighted by molar-refractivity contribution is 0.572. The summed E-state index contributed by atoms with van der Waals surface area (Å²) in [4.78, 5) is 12.4. The first-order chi connectivity index (χ1) is 9.54. The fraction of sp³-hybridized carbons (Fsp3) is 0.375. The van der Waals surface area contributed by atoms with Gasteiger partial charge in [-0.1, -0.05) is 44.2 Å². The molecule has 0 saturated carbocycles. The van der Waals surface area contributed by atoms with Crippen molar-refractivity contribution in [2.24, 2.45) is 5.73 Å². The van der Waals surface area contributed by atoms with Crippen LogP contribution in [0.3, 0.4) is 0 Å². The van der Waals surface area contributed by atoms with Crippen molar-refractivity contribution >= 4 is 0 Å². The normalized spacial score (nSPS) is 12.7. The van der Waals surface area contributed by atoms with Gasteiger partial charge in [-0.3, -0.25) is 4.79 Å². The Morgan fingerprint density at radius 1 is 1.25 bits per heavy atom. The van der Waals surface area contributed by atoms with Crippen LogP contribution in [0.5, 0.6) is 0 Å². The van der Waals surface area contributed by atoms with E-state index in [9.17, 15) is 4.79 Å². The Morgan fingerprint density at radius 3 is 2.45 bits per heavy atom. The molecule has 20 heavy (non-hydrogen) atoms. The van der Waals surface area contributed by atoms with Gasteiger partial charge in [0, 0.05) is 12.1 Å². The quantitative estimate of drug-likeness (QED) is 0.929. The van der Waals surface area contributed by atoms with Crippen LogP contribution < -0.4 is 11.3 Å². The van der Waals surface area contributed by atoms with E-state index in [4.69, 9.17) is 5.73 Å². The lowest BCUT2D eigenvalue weighted by atomic mass is 9.99. The molecule has 2 rings (SSSR count). The maximum atomic E-state index is 12.4. The molecule has 0 aliphatic rings. The van der Waals surface area contributed by atoms with Crippen molar-refractivity contribution in [1.82, 2.24) is 9.78 Å². The monoisotopic (exact) mass is 271 g/mol. The predicted octanol–water partition coefficient (Wildman–Crippen LogP) is 2.43. The van der Waals surface area contributed by atoms with Crippen LogP contribution in [0, 0.1) is 0 Å². The van der Waals surface area contributed by atoms with Crippen LogP contribution in [0.2, 0.25) is 0 Å². The smallest absolute Gasteiger partial charge is 0.271 e. The van der Waals surface area contributed by atoms with Gasteiger partial charge in [-0.15, -0.1) is 0 Å². The molecule has 2 N–H and O–H groups in total. The van der Waals surface area contributed by atoms with Crippen LogP contribution in [-0.4, -0.2) is 9.78 Å². The summed E-state index contributed by atoms with van der Waals surface area (Å²) in [5.41, 5.74) is 8.61. The summed E-state index contributed by atoms with van der Waals surface area (Å²) in [5.74, 6) is 0.259. The second-order valence-corrected chi connectivity index (χ2v) is 5.19. The Hall–Kier alpha value is -1.94. The van der Waals surface area contributed by atoms with Crippen molar-refractivity contribution < 1.29 is 0 Å². The van der Waals surface area contributed by atoms with Gasteiger partial charge in [-0.2, -0.15) is 5.10 Å². The number of nitrogens with two attached hydrogens (primary N) is 1. The summed E-state index contributed by atoms with van der Waals surface area (Å²) in [5, 5.41) is 4.38. The molecular weight excluding hydrogens is 250 g/mol. The average Bonchev–Trinajstić information content (AvgIpc) is 2.47. The molecule has 4 heteroatoms. The highest BCUT2D eigenvalue weighted by atomic mass is 16.1. The topological polar surface area (TPSA) is 60.9 Å². The van der Waals surface area contributed by atoms with Crippen LogP contribution in [0.4, 0.5) is 0 Å². The van der Waals surface area contributed by atoms with Gasteiger partial charge < -0.3 is 5.73 Å². The lowest BCUT2D eigenvalue weighted by Gasteiger charge is -2.16. The molecule has 0 amide bonds. The Labute approximate surface area is 119 Å². The number of hydrogen-bond donors (Lipinski definition) is 1. The van der Waals surface area contributed by atoms with Crippen LogP contribution in [-0.2, 0) is 6.54 Å². The Bertz CT molecular complexity index is 632. The van der Waals surface area contributed by atoms with Gasteiger partial charge in [0.2, 0.25) is 0 Å². The predicted molar refractivity (Wildman–Crippen MR) is 80.7 cm³/mol. The van der Waals surface area contributed by atoms with Gasteiger partial charge in [0.05, 0.1) is 11.7 Å². The molecular formula is C16H21N3O. The molecule has 0 fully saturated rings. The molecule has 4 nitrogen and oxygen atoms in total. The van der Waals surface area contributed by atoms with E-state index in [1.165, 1.54) is 4.68 Å². The van der Waals surface area contributed by atoms with Crippen LogP contribution in [0.1, 0.15) is 49.6 Å². The second-order valence-electron chi connectivity index (χ2n) is 5.19. The van der Waals surface area contributed by atoms with Crippen molar-refractivity contribution in [3.8, 4) is 0 Å². The molecule has 106 valence electrons. The number of nitrogens with zero attached hydrogens (tertiary/aromatic N) is 2. The molecule has 0 aliphatic carbocycles. The summed E-state index contributed by atoms with van der Waals surface area (Å²) in [6.07, 6.45) is 0. The van der Waals surface area contributed by atoms with E-state index in [-0.39, 0.29) is 11.5 Å². The fourth-order valence-electron chi connectivity index (χ4n) is 2.14. The van der Waals surface area contributed by atoms with E-state index < -0.39 is 6.04 Å². The summed E-state index contributed by atoms with van der Waals surface area (Å²) in [7, 11) is 0. The average molecular weight is 271 g/mol. The standard InChI is InChI=1S/C16H21N3O/c1-4-19-16(20)13(10-14(18-19)11(2)3)15(17)12-8-6-5-7-9-12/h5-11,15H,4,17H2,1-3H3. The van der Waals surface area contributed by atoms with Gasteiger partial charge in [-0.05, 0) is 24.5 Å². The number of benzene rings is 1. The highest BCUT2D eigenvalue weighted by Crippen LogP contribution is 2.19. The lowest BCUT2D eigenvalue weighted by Crippen LogP contribution is -2.31. The maximum absolute atomic E-state index is 12.4. The van der Waals surface area contributed by atoms with Gasteiger partial charge in [0.25, 0.3) is 5.56 Å². The zero-order valence-corrected chi connectivity index (χ0v) is 12.2. The third-order valence-corrected chi connectivity index (χ3v) is 3.41. The number of hydrogen-bond acceptors (Lipinski definition) is 3. The van der Waals surface area contributed by atoms with E-state index in [0.29, 0.717) is 12.1 Å². The minimum absolute atomic E-state index is 0.103. The third-order valence-electron chi connectivity index (χ3n) is 3.41. The first-order valence-electron chi connectivity index (χ1n) is 6.97. The first kappa shape index (κ1) is 14.5. The van der Waals surface area contributed by atoms with Crippen molar-refractivity contribution in [2.45, 2.75) is 39.3 Å². The second kappa shape index (κ2) is 6.01. The summed E-state index contributed by atoms with van der Waals surface area (Å²) in [6.45, 7) is 6.58. The zero-order valence-electron chi connectivity index (χ0n) is 12.2. The molecule has 1 unspecified atom stereocenters. The zero-order chi connectivity index (χ0) is 14.7. The molecule has 0 aliphatic heterocycles. The van der Waals surface area contributed by atoms with Crippen molar-refractivity contribution in [3.63, 3.8) is 0 Å². The Morgan fingerprint density at radius 2 is 1.90 bits per heavy atom. The molecule has 1 aromatic heterocycles. The number of aromatic nitrogens is 2. The number of rotatable bonds is 4. The minimum Gasteiger partial charge on any atom is -0.320 e. The summed E-state index contributed by atoms with van der Waals surface area (Å²) < 4.78 is 1.49. The van der Waals surface area contributed by atoms with Crippen LogP contribution in [0.25, 0.3) is 0 Å².